The van der Waals surface area contributed by atoms with Gasteiger partial charge in [0.15, 0.2) is 11.5 Å². The monoisotopic (exact) mass is 453 g/mol. The Balaban J connectivity index is 1.52. The fraction of sp³-hybridized carbons (Fsp3) is 0.333. The zero-order chi connectivity index (χ0) is 22.4. The van der Waals surface area contributed by atoms with Gasteiger partial charge in [-0.1, -0.05) is 23.7 Å². The van der Waals surface area contributed by atoms with E-state index >= 15 is 0 Å². The van der Waals surface area contributed by atoms with Crippen molar-refractivity contribution in [2.45, 2.75) is 32.0 Å². The van der Waals surface area contributed by atoms with Gasteiger partial charge in [0, 0.05) is 11.6 Å². The molecule has 0 amide bonds. The Morgan fingerprint density at radius 3 is 2.59 bits per heavy atom. The maximum Gasteiger partial charge on any atom is 0.311 e. The number of ether oxygens (including phenoxy) is 3. The number of nitrogens with zero attached hydrogens (tertiary/aromatic N) is 3. The lowest BCUT2D eigenvalue weighted by Gasteiger charge is -2.45. The van der Waals surface area contributed by atoms with Crippen LogP contribution in [0.4, 0.5) is 5.69 Å². The minimum absolute atomic E-state index is 0.0422. The largest absolute Gasteiger partial charge is 0.493 e. The highest BCUT2D eigenvalue weighted by Crippen LogP contribution is 2.46. The normalized spacial score (nSPS) is 18.8. The molecule has 3 heterocycles. The molecule has 7 nitrogen and oxygen atoms in total. The van der Waals surface area contributed by atoms with Crippen molar-refractivity contribution >= 4 is 17.3 Å². The predicted molar refractivity (Wildman–Crippen MR) is 122 cm³/mol. The average molecular weight is 454 g/mol. The van der Waals surface area contributed by atoms with Crippen LogP contribution in [0.5, 0.6) is 17.2 Å². The summed E-state index contributed by atoms with van der Waals surface area (Å²) in [6.45, 7) is 3.11. The molecule has 0 saturated carbocycles. The molecule has 0 N–H and O–H groups in total. The van der Waals surface area contributed by atoms with Crippen molar-refractivity contribution in [3.8, 4) is 17.2 Å². The number of benzene rings is 2. The Labute approximate surface area is 191 Å². The Morgan fingerprint density at radius 1 is 1.16 bits per heavy atom. The van der Waals surface area contributed by atoms with E-state index < -0.39 is 0 Å². The summed E-state index contributed by atoms with van der Waals surface area (Å²) in [7, 11) is 3.27. The van der Waals surface area contributed by atoms with Crippen molar-refractivity contribution in [3.63, 3.8) is 0 Å². The lowest BCUT2D eigenvalue weighted by atomic mass is 9.88. The third-order valence-corrected chi connectivity index (χ3v) is 6.46. The first-order valence-corrected chi connectivity index (χ1v) is 10.9. The highest BCUT2D eigenvalue weighted by atomic mass is 35.5. The van der Waals surface area contributed by atoms with Gasteiger partial charge in [0.05, 0.1) is 33.0 Å². The first-order chi connectivity index (χ1) is 15.5. The van der Waals surface area contributed by atoms with Gasteiger partial charge in [-0.3, -0.25) is 4.79 Å². The van der Waals surface area contributed by atoms with Gasteiger partial charge in [0.25, 0.3) is 0 Å². The molecule has 1 aromatic heterocycles. The molecular weight excluding hydrogens is 430 g/mol. The summed E-state index contributed by atoms with van der Waals surface area (Å²) in [6.07, 6.45) is 2.34. The van der Waals surface area contributed by atoms with Gasteiger partial charge < -0.3 is 19.1 Å². The molecule has 32 heavy (non-hydrogen) atoms. The highest BCUT2D eigenvalue weighted by Gasteiger charge is 2.40. The molecule has 0 fully saturated rings. The van der Waals surface area contributed by atoms with E-state index in [1.165, 1.54) is 10.2 Å². The third kappa shape index (κ3) is 3.37. The lowest BCUT2D eigenvalue weighted by Crippen LogP contribution is -2.48. The molecule has 0 bridgehead atoms. The van der Waals surface area contributed by atoms with Crippen LogP contribution < -0.4 is 24.7 Å². The Kier molecular flexibility index (Phi) is 5.21. The molecule has 8 heteroatoms. The molecule has 0 saturated heterocycles. The lowest BCUT2D eigenvalue weighted by molar-refractivity contribution is 0.160. The first kappa shape index (κ1) is 20.7. The standard InChI is InChI=1S/C24H24ClN3O4/c1-14-22-18-11-21(31-3)20(30-2)10-16(18)8-9-27(22)19-12-26-28(24(29)23(19)32-14)13-15-4-6-17(25)7-5-15/h4-7,10-12,14,22H,8-9,13H2,1-3H3. The summed E-state index contributed by atoms with van der Waals surface area (Å²) >= 11 is 5.97. The quantitative estimate of drug-likeness (QED) is 0.598. The Bertz CT molecular complexity index is 1230. The molecule has 2 unspecified atom stereocenters. The van der Waals surface area contributed by atoms with E-state index in [0.29, 0.717) is 23.1 Å². The molecule has 2 aliphatic heterocycles. The number of halogens is 1. The van der Waals surface area contributed by atoms with Crippen molar-refractivity contribution in [2.75, 3.05) is 25.7 Å². The van der Waals surface area contributed by atoms with Crippen LogP contribution in [0.2, 0.25) is 5.02 Å². The van der Waals surface area contributed by atoms with Crippen molar-refractivity contribution in [1.82, 2.24) is 9.78 Å². The molecule has 0 radical (unpaired) electrons. The molecule has 3 aromatic rings. The maximum absolute atomic E-state index is 13.2. The molecule has 0 spiro atoms. The number of hydrogen-bond donors (Lipinski definition) is 0. The minimum atomic E-state index is -0.235. The summed E-state index contributed by atoms with van der Waals surface area (Å²) in [5.74, 6) is 1.75. The van der Waals surface area contributed by atoms with Gasteiger partial charge in [-0.15, -0.1) is 0 Å². The number of rotatable bonds is 4. The molecular formula is C24H24ClN3O4. The van der Waals surface area contributed by atoms with Crippen LogP contribution in [0.1, 0.15) is 29.7 Å². The Morgan fingerprint density at radius 2 is 1.88 bits per heavy atom. The van der Waals surface area contributed by atoms with Gasteiger partial charge in [-0.25, -0.2) is 4.68 Å². The zero-order valence-corrected chi connectivity index (χ0v) is 18.9. The van der Waals surface area contributed by atoms with E-state index in [9.17, 15) is 4.79 Å². The summed E-state index contributed by atoms with van der Waals surface area (Å²) < 4.78 is 18.6. The van der Waals surface area contributed by atoms with E-state index in [1.54, 1.807) is 32.5 Å². The second-order valence-electron chi connectivity index (χ2n) is 8.07. The zero-order valence-electron chi connectivity index (χ0n) is 18.2. The minimum Gasteiger partial charge on any atom is -0.493 e. The van der Waals surface area contributed by atoms with Crippen molar-refractivity contribution < 1.29 is 14.2 Å². The second-order valence-corrected chi connectivity index (χ2v) is 8.50. The Hall–Kier alpha value is -3.19. The number of methoxy groups -OCH3 is 2. The van der Waals surface area contributed by atoms with Gasteiger partial charge in [-0.05, 0) is 54.3 Å². The summed E-state index contributed by atoms with van der Waals surface area (Å²) in [6, 6.07) is 11.4. The summed E-state index contributed by atoms with van der Waals surface area (Å²) in [5, 5.41) is 5.10. The van der Waals surface area contributed by atoms with Gasteiger partial charge in [0.2, 0.25) is 5.75 Å². The van der Waals surface area contributed by atoms with E-state index in [0.717, 1.165) is 35.5 Å². The predicted octanol–water partition coefficient (Wildman–Crippen LogP) is 3.85. The second kappa shape index (κ2) is 8.06. The fourth-order valence-electron chi connectivity index (χ4n) is 4.66. The maximum atomic E-state index is 13.2. The van der Waals surface area contributed by atoms with Crippen LogP contribution in [-0.4, -0.2) is 36.6 Å². The molecule has 5 rings (SSSR count). The van der Waals surface area contributed by atoms with Crippen LogP contribution in [0, 0.1) is 0 Å². The van der Waals surface area contributed by atoms with E-state index in [2.05, 4.69) is 10.00 Å². The first-order valence-electron chi connectivity index (χ1n) is 10.5. The van der Waals surface area contributed by atoms with Crippen molar-refractivity contribution in [3.05, 3.63) is 74.7 Å². The van der Waals surface area contributed by atoms with Crippen molar-refractivity contribution in [2.24, 2.45) is 0 Å². The van der Waals surface area contributed by atoms with Gasteiger partial charge >= 0.3 is 5.56 Å². The molecule has 2 aliphatic rings. The number of hydrogen-bond acceptors (Lipinski definition) is 6. The van der Waals surface area contributed by atoms with Crippen LogP contribution in [0.25, 0.3) is 0 Å². The van der Waals surface area contributed by atoms with Crippen LogP contribution >= 0.6 is 11.6 Å². The highest BCUT2D eigenvalue weighted by molar-refractivity contribution is 6.30. The smallest absolute Gasteiger partial charge is 0.311 e. The van der Waals surface area contributed by atoms with E-state index in [-0.39, 0.29) is 17.7 Å². The topological polar surface area (TPSA) is 65.8 Å². The van der Waals surface area contributed by atoms with E-state index in [1.807, 2.05) is 31.2 Å². The molecule has 2 atom stereocenters. The SMILES string of the molecule is COc1cc2c(cc1OC)C1C(C)Oc3c(cnn(Cc4ccc(Cl)cc4)c3=O)N1CC2. The van der Waals surface area contributed by atoms with Gasteiger partial charge in [-0.2, -0.15) is 5.10 Å². The fourth-order valence-corrected chi connectivity index (χ4v) is 4.78. The van der Waals surface area contributed by atoms with Gasteiger partial charge in [0.1, 0.15) is 11.8 Å². The third-order valence-electron chi connectivity index (χ3n) is 6.21. The average Bonchev–Trinajstić information content (AvgIpc) is 2.81. The number of fused-ring (bicyclic) bond motifs is 5. The number of anilines is 1. The van der Waals surface area contributed by atoms with E-state index in [4.69, 9.17) is 25.8 Å². The van der Waals surface area contributed by atoms with Crippen LogP contribution in [0.15, 0.2) is 47.4 Å². The summed E-state index contributed by atoms with van der Waals surface area (Å²) in [4.78, 5) is 15.4. The number of aromatic nitrogens is 2. The van der Waals surface area contributed by atoms with Crippen LogP contribution in [0.3, 0.4) is 0 Å². The van der Waals surface area contributed by atoms with Crippen molar-refractivity contribution in [1.29, 1.82) is 0 Å². The summed E-state index contributed by atoms with van der Waals surface area (Å²) in [5.41, 5.74) is 3.76. The molecule has 0 aliphatic carbocycles. The molecule has 2 aromatic carbocycles. The molecule has 166 valence electrons. The van der Waals surface area contributed by atoms with Crippen LogP contribution in [-0.2, 0) is 13.0 Å².